The van der Waals surface area contributed by atoms with Gasteiger partial charge in [0.2, 0.25) is 5.95 Å². The second-order valence-corrected chi connectivity index (χ2v) is 10.8. The van der Waals surface area contributed by atoms with E-state index in [1.54, 1.807) is 6.07 Å². The molecule has 34 heavy (non-hydrogen) atoms. The molecule has 0 unspecified atom stereocenters. The zero-order valence-electron chi connectivity index (χ0n) is 18.7. The molecule has 2 aromatic heterocycles. The summed E-state index contributed by atoms with van der Waals surface area (Å²) in [4.78, 5) is 23.4. The normalized spacial score (nSPS) is 17.1. The van der Waals surface area contributed by atoms with Gasteiger partial charge in [0, 0.05) is 56.8 Å². The molecule has 2 aliphatic rings. The van der Waals surface area contributed by atoms with Crippen LogP contribution < -0.4 is 15.2 Å². The Hall–Kier alpha value is -3.27. The van der Waals surface area contributed by atoms with E-state index in [-0.39, 0.29) is 11.8 Å². The van der Waals surface area contributed by atoms with Crippen molar-refractivity contribution in [2.24, 2.45) is 0 Å². The summed E-state index contributed by atoms with van der Waals surface area (Å²) in [5.41, 5.74) is 1.05. The molecule has 0 N–H and O–H groups in total. The highest BCUT2D eigenvalue weighted by molar-refractivity contribution is 7.90. The molecule has 8 nitrogen and oxygen atoms in total. The lowest BCUT2D eigenvalue weighted by Gasteiger charge is -2.32. The van der Waals surface area contributed by atoms with Crippen LogP contribution in [0.3, 0.4) is 0 Å². The molecule has 3 heterocycles. The molecule has 1 saturated heterocycles. The largest absolute Gasteiger partial charge is 0.490 e. The standard InChI is InChI=1S/C24H25FN4O4S/c1-34(31,32)22-5-4-18(12-21(22)25)29-11-8-20(13-23(29)30)33-19-6-9-28(10-7-19)24-26-14-17(15-27-24)16-2-3-16/h4-5,8,11-16,19H,2-3,6-7,9-10H2,1H3. The van der Waals surface area contributed by atoms with Gasteiger partial charge in [-0.05, 0) is 48.6 Å². The summed E-state index contributed by atoms with van der Waals surface area (Å²) in [6.45, 7) is 1.52. The van der Waals surface area contributed by atoms with E-state index < -0.39 is 26.1 Å². The van der Waals surface area contributed by atoms with Gasteiger partial charge in [0.25, 0.3) is 5.56 Å². The van der Waals surface area contributed by atoms with Crippen molar-refractivity contribution in [3.05, 3.63) is 70.7 Å². The Morgan fingerprint density at radius 3 is 2.32 bits per heavy atom. The van der Waals surface area contributed by atoms with Crippen molar-refractivity contribution >= 4 is 15.8 Å². The van der Waals surface area contributed by atoms with Gasteiger partial charge in [-0.3, -0.25) is 9.36 Å². The number of pyridine rings is 1. The summed E-state index contributed by atoms with van der Waals surface area (Å²) < 4.78 is 44.7. The van der Waals surface area contributed by atoms with Gasteiger partial charge in [-0.2, -0.15) is 0 Å². The molecule has 0 radical (unpaired) electrons. The first-order valence-electron chi connectivity index (χ1n) is 11.2. The van der Waals surface area contributed by atoms with Crippen LogP contribution in [0.5, 0.6) is 5.75 Å². The van der Waals surface area contributed by atoms with Crippen LogP contribution in [0.1, 0.15) is 37.2 Å². The van der Waals surface area contributed by atoms with Crippen molar-refractivity contribution in [3.8, 4) is 11.4 Å². The van der Waals surface area contributed by atoms with E-state index in [9.17, 15) is 17.6 Å². The Balaban J connectivity index is 1.22. The van der Waals surface area contributed by atoms with E-state index in [1.807, 2.05) is 12.4 Å². The van der Waals surface area contributed by atoms with Gasteiger partial charge >= 0.3 is 0 Å². The maximum atomic E-state index is 14.2. The predicted octanol–water partition coefficient (Wildman–Crippen LogP) is 3.10. The molecule has 1 saturated carbocycles. The van der Waals surface area contributed by atoms with Gasteiger partial charge in [-0.25, -0.2) is 22.8 Å². The second-order valence-electron chi connectivity index (χ2n) is 8.85. The molecule has 5 rings (SSSR count). The fourth-order valence-corrected chi connectivity index (χ4v) is 4.90. The highest BCUT2D eigenvalue weighted by Gasteiger charge is 2.26. The van der Waals surface area contributed by atoms with Gasteiger partial charge in [0.05, 0.1) is 5.69 Å². The number of sulfone groups is 1. The number of piperidine rings is 1. The molecule has 2 fully saturated rings. The molecule has 1 aliphatic carbocycles. The molecule has 1 aliphatic heterocycles. The van der Waals surface area contributed by atoms with Crippen LogP contribution in [0.15, 0.2) is 58.6 Å². The van der Waals surface area contributed by atoms with Crippen molar-refractivity contribution in [1.82, 2.24) is 14.5 Å². The first-order valence-corrected chi connectivity index (χ1v) is 13.1. The fourth-order valence-electron chi connectivity index (χ4n) is 4.18. The predicted molar refractivity (Wildman–Crippen MR) is 125 cm³/mol. The first-order chi connectivity index (χ1) is 16.3. The lowest BCUT2D eigenvalue weighted by molar-refractivity contribution is 0.170. The summed E-state index contributed by atoms with van der Waals surface area (Å²) in [6.07, 6.45) is 10.2. The Morgan fingerprint density at radius 1 is 1.03 bits per heavy atom. The molecule has 1 aromatic carbocycles. The van der Waals surface area contributed by atoms with Crippen molar-refractivity contribution < 1.29 is 17.5 Å². The topological polar surface area (TPSA) is 94.4 Å². The molecule has 0 atom stereocenters. The summed E-state index contributed by atoms with van der Waals surface area (Å²) >= 11 is 0. The molecule has 3 aromatic rings. The number of rotatable bonds is 6. The van der Waals surface area contributed by atoms with Crippen LogP contribution in [0.4, 0.5) is 10.3 Å². The third kappa shape index (κ3) is 4.82. The van der Waals surface area contributed by atoms with E-state index in [4.69, 9.17) is 4.74 Å². The van der Waals surface area contributed by atoms with Crippen molar-refractivity contribution in [3.63, 3.8) is 0 Å². The lowest BCUT2D eigenvalue weighted by atomic mass is 10.1. The van der Waals surface area contributed by atoms with Crippen LogP contribution in [0.2, 0.25) is 0 Å². The van der Waals surface area contributed by atoms with E-state index in [1.165, 1.54) is 41.3 Å². The van der Waals surface area contributed by atoms with Gasteiger partial charge in [0.15, 0.2) is 9.84 Å². The summed E-state index contributed by atoms with van der Waals surface area (Å²) in [5, 5.41) is 0. The average molecular weight is 485 g/mol. The van der Waals surface area contributed by atoms with Crippen molar-refractivity contribution in [2.75, 3.05) is 24.2 Å². The second kappa shape index (κ2) is 8.83. The smallest absolute Gasteiger partial charge is 0.258 e. The number of halogens is 1. The summed E-state index contributed by atoms with van der Waals surface area (Å²) in [7, 11) is -3.68. The average Bonchev–Trinajstić information content (AvgIpc) is 3.65. The highest BCUT2D eigenvalue weighted by Crippen LogP contribution is 2.39. The molecule has 0 bridgehead atoms. The van der Waals surface area contributed by atoms with Gasteiger partial charge in [-0.15, -0.1) is 0 Å². The molecular formula is C24H25FN4O4S. The van der Waals surface area contributed by atoms with Crippen LogP contribution in [0.25, 0.3) is 5.69 Å². The monoisotopic (exact) mass is 484 g/mol. The van der Waals surface area contributed by atoms with E-state index in [0.29, 0.717) is 11.7 Å². The number of aromatic nitrogens is 3. The number of ether oxygens (including phenoxy) is 1. The van der Waals surface area contributed by atoms with Gasteiger partial charge < -0.3 is 9.64 Å². The van der Waals surface area contributed by atoms with E-state index >= 15 is 0 Å². The van der Waals surface area contributed by atoms with Gasteiger partial charge in [-0.1, -0.05) is 0 Å². The zero-order chi connectivity index (χ0) is 23.9. The number of nitrogens with zero attached hydrogens (tertiary/aromatic N) is 4. The quantitative estimate of drug-likeness (QED) is 0.531. The zero-order valence-corrected chi connectivity index (χ0v) is 19.5. The molecule has 0 spiro atoms. The minimum Gasteiger partial charge on any atom is -0.490 e. The van der Waals surface area contributed by atoms with Crippen LogP contribution in [-0.2, 0) is 9.84 Å². The molecule has 10 heteroatoms. The Kier molecular flexibility index (Phi) is 5.85. The number of hydrogen-bond acceptors (Lipinski definition) is 7. The molecular weight excluding hydrogens is 459 g/mol. The third-order valence-corrected chi connectivity index (χ3v) is 7.35. The van der Waals surface area contributed by atoms with E-state index in [2.05, 4.69) is 14.9 Å². The number of hydrogen-bond donors (Lipinski definition) is 0. The Labute approximate surface area is 197 Å². The minimum absolute atomic E-state index is 0.0382. The van der Waals surface area contributed by atoms with Gasteiger partial charge in [0.1, 0.15) is 22.6 Å². The Bertz CT molecular complexity index is 1360. The molecule has 178 valence electrons. The number of anilines is 1. The van der Waals surface area contributed by atoms with Crippen LogP contribution in [-0.4, -0.2) is 48.4 Å². The van der Waals surface area contributed by atoms with Crippen molar-refractivity contribution in [2.45, 2.75) is 42.6 Å². The Morgan fingerprint density at radius 2 is 1.74 bits per heavy atom. The van der Waals surface area contributed by atoms with Crippen LogP contribution >= 0.6 is 0 Å². The SMILES string of the molecule is CS(=O)(=O)c1ccc(-n2ccc(OC3CCN(c4ncc(C5CC5)cn4)CC3)cc2=O)cc1F. The maximum Gasteiger partial charge on any atom is 0.258 e. The van der Waals surface area contributed by atoms with Crippen LogP contribution in [0, 0.1) is 5.82 Å². The fraction of sp³-hybridized carbons (Fsp3) is 0.375. The summed E-state index contributed by atoms with van der Waals surface area (Å²) in [6, 6.07) is 6.60. The molecule has 0 amide bonds. The van der Waals surface area contributed by atoms with Crippen molar-refractivity contribution in [1.29, 1.82) is 0 Å². The number of benzene rings is 1. The highest BCUT2D eigenvalue weighted by atomic mass is 32.2. The first kappa shape index (κ1) is 22.5. The summed E-state index contributed by atoms with van der Waals surface area (Å²) in [5.74, 6) is 0.914. The maximum absolute atomic E-state index is 14.2. The van der Waals surface area contributed by atoms with E-state index in [0.717, 1.165) is 50.3 Å². The minimum atomic E-state index is -3.68. The third-order valence-electron chi connectivity index (χ3n) is 6.22. The lowest BCUT2D eigenvalue weighted by Crippen LogP contribution is -2.39.